The highest BCUT2D eigenvalue weighted by Crippen LogP contribution is 2.31. The van der Waals surface area contributed by atoms with Crippen LogP contribution < -0.4 is 0 Å². The standard InChI is InChI=1S/C16H21NO/c1-12-4-6-13(7-5-12)11-17-14-8-15(18)10-16(2,3)9-14/h4-7H,8-11H2,1-3H3. The van der Waals surface area contributed by atoms with Gasteiger partial charge in [-0.2, -0.15) is 0 Å². The molecule has 0 spiro atoms. The van der Waals surface area contributed by atoms with E-state index in [1.54, 1.807) is 0 Å². The number of nitrogens with zero attached hydrogens (tertiary/aromatic N) is 1. The monoisotopic (exact) mass is 243 g/mol. The molecule has 0 heterocycles. The predicted octanol–water partition coefficient (Wildman–Crippen LogP) is 3.72. The number of rotatable bonds is 2. The SMILES string of the molecule is Cc1ccc(CN=C2CC(=O)CC(C)(C)C2)cc1. The van der Waals surface area contributed by atoms with Gasteiger partial charge in [0.2, 0.25) is 0 Å². The van der Waals surface area contributed by atoms with Crippen LogP contribution in [0.1, 0.15) is 44.2 Å². The van der Waals surface area contributed by atoms with E-state index in [1.807, 2.05) is 0 Å². The Balaban J connectivity index is 2.05. The van der Waals surface area contributed by atoms with Gasteiger partial charge in [-0.05, 0) is 24.3 Å². The average molecular weight is 243 g/mol. The lowest BCUT2D eigenvalue weighted by Crippen LogP contribution is -2.29. The number of Topliss-reactive ketones (excluding diaryl/α,β-unsaturated/α-hetero) is 1. The van der Waals surface area contributed by atoms with Crippen LogP contribution in [0.15, 0.2) is 29.3 Å². The lowest BCUT2D eigenvalue weighted by atomic mass is 9.76. The summed E-state index contributed by atoms with van der Waals surface area (Å²) in [7, 11) is 0. The lowest BCUT2D eigenvalue weighted by Gasteiger charge is -2.29. The number of hydrogen-bond acceptors (Lipinski definition) is 2. The first-order valence-electron chi connectivity index (χ1n) is 6.54. The highest BCUT2D eigenvalue weighted by atomic mass is 16.1. The molecule has 0 radical (unpaired) electrons. The van der Waals surface area contributed by atoms with Crippen molar-refractivity contribution in [3.8, 4) is 0 Å². The summed E-state index contributed by atoms with van der Waals surface area (Å²) >= 11 is 0. The third kappa shape index (κ3) is 3.52. The van der Waals surface area contributed by atoms with E-state index in [0.29, 0.717) is 25.2 Å². The van der Waals surface area contributed by atoms with Gasteiger partial charge in [0, 0.05) is 18.6 Å². The number of ketones is 1. The first-order valence-corrected chi connectivity index (χ1v) is 6.54. The fourth-order valence-corrected chi connectivity index (χ4v) is 2.51. The maximum Gasteiger partial charge on any atom is 0.139 e. The molecule has 2 nitrogen and oxygen atoms in total. The minimum Gasteiger partial charge on any atom is -0.299 e. The molecule has 0 bridgehead atoms. The summed E-state index contributed by atoms with van der Waals surface area (Å²) in [6, 6.07) is 8.42. The van der Waals surface area contributed by atoms with Crippen LogP contribution >= 0.6 is 0 Å². The number of aliphatic imine (C=N–C) groups is 1. The fourth-order valence-electron chi connectivity index (χ4n) is 2.51. The summed E-state index contributed by atoms with van der Waals surface area (Å²) in [4.78, 5) is 16.3. The van der Waals surface area contributed by atoms with Gasteiger partial charge in [0.05, 0.1) is 6.54 Å². The third-order valence-electron chi connectivity index (χ3n) is 3.37. The van der Waals surface area contributed by atoms with E-state index in [9.17, 15) is 4.79 Å². The van der Waals surface area contributed by atoms with Crippen molar-refractivity contribution in [2.75, 3.05) is 0 Å². The van der Waals surface area contributed by atoms with Gasteiger partial charge in [0.15, 0.2) is 0 Å². The maximum atomic E-state index is 11.7. The number of hydrogen-bond donors (Lipinski definition) is 0. The van der Waals surface area contributed by atoms with Crippen LogP contribution in [0.3, 0.4) is 0 Å². The smallest absolute Gasteiger partial charge is 0.139 e. The van der Waals surface area contributed by atoms with Crippen molar-refractivity contribution in [1.82, 2.24) is 0 Å². The minimum atomic E-state index is 0.0848. The molecule has 0 aliphatic heterocycles. The molecule has 0 atom stereocenters. The molecule has 1 aromatic rings. The topological polar surface area (TPSA) is 29.4 Å². The van der Waals surface area contributed by atoms with E-state index in [1.165, 1.54) is 11.1 Å². The van der Waals surface area contributed by atoms with Gasteiger partial charge in [-0.15, -0.1) is 0 Å². The number of aryl methyl sites for hydroxylation is 1. The third-order valence-corrected chi connectivity index (χ3v) is 3.37. The van der Waals surface area contributed by atoms with Crippen LogP contribution in [0, 0.1) is 12.3 Å². The summed E-state index contributed by atoms with van der Waals surface area (Å²) in [5.74, 6) is 0.328. The Morgan fingerprint density at radius 3 is 2.44 bits per heavy atom. The molecule has 0 amide bonds. The maximum absolute atomic E-state index is 11.7. The molecule has 0 saturated heterocycles. The Hall–Kier alpha value is -1.44. The fraction of sp³-hybridized carbons (Fsp3) is 0.500. The second kappa shape index (κ2) is 5.05. The molecule has 0 unspecified atom stereocenters. The molecular formula is C16H21NO. The van der Waals surface area contributed by atoms with Gasteiger partial charge in [-0.3, -0.25) is 9.79 Å². The van der Waals surface area contributed by atoms with Crippen molar-refractivity contribution in [1.29, 1.82) is 0 Å². The van der Waals surface area contributed by atoms with Crippen molar-refractivity contribution < 1.29 is 4.79 Å². The molecule has 1 aliphatic rings. The molecule has 1 aromatic carbocycles. The first-order chi connectivity index (χ1) is 8.44. The van der Waals surface area contributed by atoms with E-state index >= 15 is 0 Å². The zero-order valence-corrected chi connectivity index (χ0v) is 11.5. The summed E-state index contributed by atoms with van der Waals surface area (Å²) in [6.07, 6.45) is 2.19. The molecule has 2 heteroatoms. The van der Waals surface area contributed by atoms with Crippen molar-refractivity contribution in [2.24, 2.45) is 10.4 Å². The van der Waals surface area contributed by atoms with Crippen LogP contribution in [0.5, 0.6) is 0 Å². The van der Waals surface area contributed by atoms with E-state index in [0.717, 1.165) is 12.1 Å². The van der Waals surface area contributed by atoms with Gasteiger partial charge in [0.1, 0.15) is 5.78 Å². The van der Waals surface area contributed by atoms with Crippen LogP contribution in [-0.4, -0.2) is 11.5 Å². The number of carbonyl (C=O) groups is 1. The molecule has 0 N–H and O–H groups in total. The van der Waals surface area contributed by atoms with E-state index in [4.69, 9.17) is 0 Å². The lowest BCUT2D eigenvalue weighted by molar-refractivity contribution is -0.120. The van der Waals surface area contributed by atoms with Crippen LogP contribution in [0.25, 0.3) is 0 Å². The quantitative estimate of drug-likeness (QED) is 0.778. The van der Waals surface area contributed by atoms with Crippen molar-refractivity contribution in [3.63, 3.8) is 0 Å². The number of carbonyl (C=O) groups excluding carboxylic acids is 1. The Morgan fingerprint density at radius 2 is 1.83 bits per heavy atom. The molecule has 0 aromatic heterocycles. The molecule has 2 rings (SSSR count). The second-order valence-corrected chi connectivity index (χ2v) is 6.10. The average Bonchev–Trinajstić information content (AvgIpc) is 2.25. The highest BCUT2D eigenvalue weighted by molar-refractivity contribution is 6.04. The van der Waals surface area contributed by atoms with Gasteiger partial charge < -0.3 is 0 Å². The summed E-state index contributed by atoms with van der Waals surface area (Å²) in [5.41, 5.74) is 3.63. The first kappa shape index (κ1) is 13.0. The molecule has 96 valence electrons. The van der Waals surface area contributed by atoms with Gasteiger partial charge >= 0.3 is 0 Å². The second-order valence-electron chi connectivity index (χ2n) is 6.10. The van der Waals surface area contributed by atoms with Gasteiger partial charge in [0.25, 0.3) is 0 Å². The van der Waals surface area contributed by atoms with Crippen molar-refractivity contribution in [3.05, 3.63) is 35.4 Å². The molecule has 1 fully saturated rings. The molecular weight excluding hydrogens is 222 g/mol. The van der Waals surface area contributed by atoms with Gasteiger partial charge in [-0.25, -0.2) is 0 Å². The number of benzene rings is 1. The highest BCUT2D eigenvalue weighted by Gasteiger charge is 2.29. The zero-order chi connectivity index (χ0) is 13.2. The van der Waals surface area contributed by atoms with E-state index < -0.39 is 0 Å². The summed E-state index contributed by atoms with van der Waals surface area (Å²) < 4.78 is 0. The van der Waals surface area contributed by atoms with Crippen LogP contribution in [-0.2, 0) is 11.3 Å². The minimum absolute atomic E-state index is 0.0848. The molecule has 1 aliphatic carbocycles. The van der Waals surface area contributed by atoms with Crippen LogP contribution in [0.2, 0.25) is 0 Å². The Morgan fingerprint density at radius 1 is 1.17 bits per heavy atom. The van der Waals surface area contributed by atoms with Crippen LogP contribution in [0.4, 0.5) is 0 Å². The van der Waals surface area contributed by atoms with E-state index in [-0.39, 0.29) is 5.41 Å². The van der Waals surface area contributed by atoms with Crippen molar-refractivity contribution in [2.45, 2.75) is 46.6 Å². The molecule has 18 heavy (non-hydrogen) atoms. The largest absolute Gasteiger partial charge is 0.299 e. The summed E-state index contributed by atoms with van der Waals surface area (Å²) in [5, 5.41) is 0. The Bertz CT molecular complexity index is 468. The van der Waals surface area contributed by atoms with Crippen molar-refractivity contribution >= 4 is 11.5 Å². The molecule has 1 saturated carbocycles. The summed E-state index contributed by atoms with van der Waals surface area (Å²) in [6.45, 7) is 7.06. The van der Waals surface area contributed by atoms with E-state index in [2.05, 4.69) is 50.0 Å². The predicted molar refractivity (Wildman–Crippen MR) is 75.0 cm³/mol. The Labute approximate surface area is 109 Å². The Kier molecular flexibility index (Phi) is 3.65. The zero-order valence-electron chi connectivity index (χ0n) is 11.5. The normalized spacial score (nSPS) is 21.3. The van der Waals surface area contributed by atoms with Gasteiger partial charge in [-0.1, -0.05) is 43.7 Å².